The molecule has 0 bridgehead atoms. The first-order valence-corrected chi connectivity index (χ1v) is 5.81. The van der Waals surface area contributed by atoms with Crippen LogP contribution in [0.25, 0.3) is 0 Å². The highest BCUT2D eigenvalue weighted by Gasteiger charge is 2.08. The van der Waals surface area contributed by atoms with E-state index in [1.165, 1.54) is 5.56 Å². The number of halogens is 1. The summed E-state index contributed by atoms with van der Waals surface area (Å²) in [6.45, 7) is 6.52. The molecular formula is C13H19ClO. The number of hydrogen-bond acceptors (Lipinski definition) is 1. The third kappa shape index (κ3) is 3.51. The summed E-state index contributed by atoms with van der Waals surface area (Å²) in [5.74, 6) is 0.777. The Morgan fingerprint density at radius 2 is 1.93 bits per heavy atom. The fourth-order valence-electron chi connectivity index (χ4n) is 1.58. The van der Waals surface area contributed by atoms with Crippen molar-refractivity contribution in [3.8, 4) is 0 Å². The van der Waals surface area contributed by atoms with E-state index in [0.29, 0.717) is 5.92 Å². The minimum atomic E-state index is 0.163. The van der Waals surface area contributed by atoms with E-state index in [1.54, 1.807) is 0 Å². The summed E-state index contributed by atoms with van der Waals surface area (Å²) in [5, 5.41) is 9.87. The van der Waals surface area contributed by atoms with Gasteiger partial charge in [-0.15, -0.1) is 0 Å². The van der Waals surface area contributed by atoms with Gasteiger partial charge < -0.3 is 5.11 Å². The SMILES string of the molecule is CC(C)Cc1ccc(C(C)CO)cc1Cl. The van der Waals surface area contributed by atoms with Crippen LogP contribution >= 0.6 is 11.6 Å². The lowest BCUT2D eigenvalue weighted by Crippen LogP contribution is -2.01. The molecule has 2 heteroatoms. The fraction of sp³-hybridized carbons (Fsp3) is 0.538. The van der Waals surface area contributed by atoms with Crippen LogP contribution in [0, 0.1) is 5.92 Å². The van der Waals surface area contributed by atoms with Crippen LogP contribution < -0.4 is 0 Å². The van der Waals surface area contributed by atoms with E-state index in [0.717, 1.165) is 17.0 Å². The smallest absolute Gasteiger partial charge is 0.0497 e. The number of hydrogen-bond donors (Lipinski definition) is 1. The van der Waals surface area contributed by atoms with Crippen LogP contribution in [-0.4, -0.2) is 11.7 Å². The monoisotopic (exact) mass is 226 g/mol. The van der Waals surface area contributed by atoms with Crippen molar-refractivity contribution in [2.45, 2.75) is 33.1 Å². The molecule has 0 fully saturated rings. The molecular weight excluding hydrogens is 208 g/mol. The molecule has 0 radical (unpaired) electrons. The lowest BCUT2D eigenvalue weighted by molar-refractivity contribution is 0.273. The molecule has 0 saturated heterocycles. The van der Waals surface area contributed by atoms with Crippen LogP contribution in [-0.2, 0) is 6.42 Å². The van der Waals surface area contributed by atoms with E-state index >= 15 is 0 Å². The molecule has 0 aliphatic heterocycles. The van der Waals surface area contributed by atoms with E-state index in [2.05, 4.69) is 26.0 Å². The average molecular weight is 227 g/mol. The van der Waals surface area contributed by atoms with Crippen LogP contribution in [0.1, 0.15) is 37.8 Å². The standard InChI is InChI=1S/C13H19ClO/c1-9(2)6-12-5-4-11(7-13(12)14)10(3)8-15/h4-5,7,9-10,15H,6,8H2,1-3H3. The van der Waals surface area contributed by atoms with Gasteiger partial charge in [0.2, 0.25) is 0 Å². The largest absolute Gasteiger partial charge is 0.396 e. The fourth-order valence-corrected chi connectivity index (χ4v) is 1.85. The van der Waals surface area contributed by atoms with Crippen molar-refractivity contribution < 1.29 is 5.11 Å². The van der Waals surface area contributed by atoms with Gasteiger partial charge in [-0.3, -0.25) is 0 Å². The zero-order valence-corrected chi connectivity index (χ0v) is 10.4. The number of benzene rings is 1. The second kappa shape index (κ2) is 5.53. The topological polar surface area (TPSA) is 20.2 Å². The third-order valence-corrected chi connectivity index (χ3v) is 2.90. The highest BCUT2D eigenvalue weighted by Crippen LogP contribution is 2.24. The van der Waals surface area contributed by atoms with Crippen molar-refractivity contribution in [2.24, 2.45) is 5.92 Å². The van der Waals surface area contributed by atoms with E-state index in [9.17, 15) is 0 Å². The minimum Gasteiger partial charge on any atom is -0.396 e. The summed E-state index contributed by atoms with van der Waals surface area (Å²) in [4.78, 5) is 0. The molecule has 15 heavy (non-hydrogen) atoms. The second-order valence-electron chi connectivity index (χ2n) is 4.53. The normalized spacial score (nSPS) is 13.2. The number of aliphatic hydroxyl groups excluding tert-OH is 1. The zero-order chi connectivity index (χ0) is 11.4. The van der Waals surface area contributed by atoms with Crippen LogP contribution in [0.3, 0.4) is 0 Å². The first-order chi connectivity index (χ1) is 7.04. The quantitative estimate of drug-likeness (QED) is 0.831. The molecule has 1 aromatic rings. The first-order valence-electron chi connectivity index (χ1n) is 5.43. The summed E-state index contributed by atoms with van der Waals surface area (Å²) >= 11 is 6.19. The van der Waals surface area contributed by atoms with Gasteiger partial charge in [0.05, 0.1) is 0 Å². The zero-order valence-electron chi connectivity index (χ0n) is 9.63. The molecule has 0 spiro atoms. The van der Waals surface area contributed by atoms with Crippen molar-refractivity contribution in [1.29, 1.82) is 0 Å². The highest BCUT2D eigenvalue weighted by atomic mass is 35.5. The minimum absolute atomic E-state index is 0.163. The van der Waals surface area contributed by atoms with Gasteiger partial charge >= 0.3 is 0 Å². The van der Waals surface area contributed by atoms with Crippen LogP contribution in [0.2, 0.25) is 5.02 Å². The molecule has 1 aromatic carbocycles. The maximum absolute atomic E-state index is 9.05. The molecule has 0 heterocycles. The van der Waals surface area contributed by atoms with Crippen molar-refractivity contribution >= 4 is 11.6 Å². The Morgan fingerprint density at radius 1 is 1.27 bits per heavy atom. The summed E-state index contributed by atoms with van der Waals surface area (Å²) in [6, 6.07) is 6.11. The molecule has 84 valence electrons. The summed E-state index contributed by atoms with van der Waals surface area (Å²) in [7, 11) is 0. The molecule has 0 aromatic heterocycles. The molecule has 1 atom stereocenters. The molecule has 1 N–H and O–H groups in total. The van der Waals surface area contributed by atoms with Gasteiger partial charge in [0, 0.05) is 17.5 Å². The van der Waals surface area contributed by atoms with Crippen molar-refractivity contribution in [3.63, 3.8) is 0 Å². The molecule has 1 nitrogen and oxygen atoms in total. The summed E-state index contributed by atoms with van der Waals surface area (Å²) in [5.41, 5.74) is 2.30. The highest BCUT2D eigenvalue weighted by molar-refractivity contribution is 6.31. The van der Waals surface area contributed by atoms with Gasteiger partial charge in [0.1, 0.15) is 0 Å². The maximum Gasteiger partial charge on any atom is 0.0497 e. The van der Waals surface area contributed by atoms with Crippen molar-refractivity contribution in [2.75, 3.05) is 6.61 Å². The van der Waals surface area contributed by atoms with Gasteiger partial charge in [0.25, 0.3) is 0 Å². The van der Waals surface area contributed by atoms with Gasteiger partial charge in [-0.25, -0.2) is 0 Å². The molecule has 0 saturated carbocycles. The number of rotatable bonds is 4. The molecule has 0 aliphatic rings. The maximum atomic E-state index is 9.05. The Morgan fingerprint density at radius 3 is 2.40 bits per heavy atom. The van der Waals surface area contributed by atoms with Gasteiger partial charge in [0.15, 0.2) is 0 Å². The van der Waals surface area contributed by atoms with Crippen molar-refractivity contribution in [3.05, 3.63) is 34.3 Å². The average Bonchev–Trinajstić information content (AvgIpc) is 2.19. The van der Waals surface area contributed by atoms with Gasteiger partial charge in [-0.1, -0.05) is 44.5 Å². The second-order valence-corrected chi connectivity index (χ2v) is 4.94. The predicted octanol–water partition coefficient (Wildman–Crippen LogP) is 3.63. The molecule has 1 rings (SSSR count). The third-order valence-electron chi connectivity index (χ3n) is 2.55. The lowest BCUT2D eigenvalue weighted by atomic mass is 9.97. The molecule has 0 aliphatic carbocycles. The Bertz CT molecular complexity index is 320. The van der Waals surface area contributed by atoms with Crippen LogP contribution in [0.15, 0.2) is 18.2 Å². The molecule has 0 amide bonds. The van der Waals surface area contributed by atoms with E-state index in [1.807, 2.05) is 13.0 Å². The summed E-state index contributed by atoms with van der Waals surface area (Å²) < 4.78 is 0. The van der Waals surface area contributed by atoms with Crippen molar-refractivity contribution in [1.82, 2.24) is 0 Å². The predicted molar refractivity (Wildman–Crippen MR) is 65.5 cm³/mol. The van der Waals surface area contributed by atoms with E-state index < -0.39 is 0 Å². The number of aliphatic hydroxyl groups is 1. The summed E-state index contributed by atoms with van der Waals surface area (Å²) in [6.07, 6.45) is 1.01. The van der Waals surface area contributed by atoms with Gasteiger partial charge in [-0.2, -0.15) is 0 Å². The van der Waals surface area contributed by atoms with E-state index in [4.69, 9.17) is 16.7 Å². The van der Waals surface area contributed by atoms with Crippen LogP contribution in [0.5, 0.6) is 0 Å². The Hall–Kier alpha value is -0.530. The van der Waals surface area contributed by atoms with Gasteiger partial charge in [-0.05, 0) is 29.5 Å². The Kier molecular flexibility index (Phi) is 4.62. The lowest BCUT2D eigenvalue weighted by Gasteiger charge is -2.12. The molecule has 1 unspecified atom stereocenters. The Balaban J connectivity index is 2.88. The van der Waals surface area contributed by atoms with E-state index in [-0.39, 0.29) is 12.5 Å². The first kappa shape index (κ1) is 12.5. The Labute approximate surface area is 97.1 Å². The van der Waals surface area contributed by atoms with Crippen LogP contribution in [0.4, 0.5) is 0 Å².